The van der Waals surface area contributed by atoms with E-state index < -0.39 is 0 Å². The summed E-state index contributed by atoms with van der Waals surface area (Å²) in [6, 6.07) is 18.2. The van der Waals surface area contributed by atoms with Gasteiger partial charge in [-0.3, -0.25) is 4.79 Å². The number of likely N-dealkylation sites (N-methyl/N-ethyl adjacent to an activating group) is 1. The van der Waals surface area contributed by atoms with E-state index in [2.05, 4.69) is 52.1 Å². The van der Waals surface area contributed by atoms with Crippen molar-refractivity contribution < 1.29 is 23.7 Å². The Morgan fingerprint density at radius 3 is 2.36 bits per heavy atom. The van der Waals surface area contributed by atoms with Crippen LogP contribution in [0.15, 0.2) is 67.3 Å². The molecule has 1 amide bonds. The molecule has 10 heteroatoms. The first-order valence-corrected chi connectivity index (χ1v) is 16.1. The lowest BCUT2D eigenvalue weighted by molar-refractivity contribution is 0.0781. The predicted molar refractivity (Wildman–Crippen MR) is 186 cm³/mol. The van der Waals surface area contributed by atoms with Crippen molar-refractivity contribution in [3.05, 3.63) is 83.9 Å². The van der Waals surface area contributed by atoms with Crippen molar-refractivity contribution in [3.8, 4) is 23.0 Å². The number of benzene rings is 3. The topological polar surface area (TPSA) is 101 Å². The molecule has 0 spiro atoms. The maximum absolute atomic E-state index is 13.7. The van der Waals surface area contributed by atoms with Gasteiger partial charge in [0, 0.05) is 44.2 Å². The number of ether oxygens (including phenoxy) is 4. The quantitative estimate of drug-likeness (QED) is 0.149. The monoisotopic (exact) mass is 641 g/mol. The molecule has 10 nitrogen and oxygen atoms in total. The highest BCUT2D eigenvalue weighted by atomic mass is 16.5. The van der Waals surface area contributed by atoms with Crippen LogP contribution in [0.1, 0.15) is 46.7 Å². The zero-order valence-corrected chi connectivity index (χ0v) is 28.2. The number of anilines is 1. The van der Waals surface area contributed by atoms with Crippen molar-refractivity contribution >= 4 is 22.9 Å². The molecule has 1 unspecified atom stereocenters. The zero-order valence-electron chi connectivity index (χ0n) is 28.2. The summed E-state index contributed by atoms with van der Waals surface area (Å²) < 4.78 is 21.8. The van der Waals surface area contributed by atoms with Gasteiger partial charge in [0.2, 0.25) is 11.7 Å². The number of carbonyl (C=O) groups excluding carboxylic acids is 1. The van der Waals surface area contributed by atoms with Gasteiger partial charge in [0.15, 0.2) is 11.5 Å². The number of nitrogens with one attached hydrogen (secondary N) is 2. The minimum atomic E-state index is -0.114. The number of piperidine rings is 1. The van der Waals surface area contributed by atoms with Gasteiger partial charge in [-0.05, 0) is 73.7 Å². The van der Waals surface area contributed by atoms with E-state index in [4.69, 9.17) is 23.9 Å². The van der Waals surface area contributed by atoms with Gasteiger partial charge in [0.25, 0.3) is 5.91 Å². The molecule has 1 atom stereocenters. The van der Waals surface area contributed by atoms with E-state index in [9.17, 15) is 4.79 Å². The maximum atomic E-state index is 13.7. The second kappa shape index (κ2) is 15.7. The Hall–Kier alpha value is -4.70. The third kappa shape index (κ3) is 8.00. The normalized spacial score (nSPS) is 14.4. The third-order valence-electron chi connectivity index (χ3n) is 9.02. The number of aromatic nitrogens is 2. The second-order valence-corrected chi connectivity index (χ2v) is 12.0. The average Bonchev–Trinajstić information content (AvgIpc) is 3.53. The molecule has 0 saturated carbocycles. The van der Waals surface area contributed by atoms with Crippen LogP contribution in [0.4, 0.5) is 5.95 Å². The molecule has 0 aliphatic carbocycles. The fraction of sp³-hybridized carbons (Fsp3) is 0.405. The number of fused-ring (bicyclic) bond motifs is 1. The summed E-state index contributed by atoms with van der Waals surface area (Å²) in [5.41, 5.74) is 4.88. The summed E-state index contributed by atoms with van der Waals surface area (Å²) in [4.78, 5) is 26.3. The number of para-hydroxylation sites is 1. The molecule has 3 aromatic carbocycles. The van der Waals surface area contributed by atoms with E-state index in [0.717, 1.165) is 68.0 Å². The van der Waals surface area contributed by atoms with Crippen molar-refractivity contribution in [1.29, 1.82) is 0 Å². The molecule has 0 bridgehead atoms. The Morgan fingerprint density at radius 1 is 1.04 bits per heavy atom. The van der Waals surface area contributed by atoms with Crippen molar-refractivity contribution in [2.24, 2.45) is 0 Å². The Balaban J connectivity index is 1.22. The summed E-state index contributed by atoms with van der Waals surface area (Å²) in [5, 5.41) is 3.64. The molecule has 1 aliphatic rings. The summed E-state index contributed by atoms with van der Waals surface area (Å²) >= 11 is 0. The third-order valence-corrected chi connectivity index (χ3v) is 9.02. The minimum absolute atomic E-state index is 0.114. The van der Waals surface area contributed by atoms with Gasteiger partial charge < -0.3 is 39.0 Å². The van der Waals surface area contributed by atoms with Gasteiger partial charge in [0.05, 0.1) is 39.5 Å². The highest BCUT2D eigenvalue weighted by Gasteiger charge is 2.25. The van der Waals surface area contributed by atoms with E-state index in [1.54, 1.807) is 45.5 Å². The van der Waals surface area contributed by atoms with Gasteiger partial charge in [-0.1, -0.05) is 30.3 Å². The number of likely N-dealkylation sites (tertiary alicyclic amines) is 1. The fourth-order valence-corrected chi connectivity index (χ4v) is 6.39. The molecule has 47 heavy (non-hydrogen) atoms. The molecular weight excluding hydrogens is 594 g/mol. The van der Waals surface area contributed by atoms with Gasteiger partial charge in [-0.25, -0.2) is 4.98 Å². The van der Waals surface area contributed by atoms with Crippen LogP contribution in [0, 0.1) is 0 Å². The number of allylic oxidation sites excluding steroid dienone is 1. The van der Waals surface area contributed by atoms with Gasteiger partial charge in [-0.15, -0.1) is 6.58 Å². The van der Waals surface area contributed by atoms with Gasteiger partial charge in [-0.2, -0.15) is 0 Å². The lowest BCUT2D eigenvalue weighted by atomic mass is 9.93. The van der Waals surface area contributed by atoms with Crippen LogP contribution in [0.3, 0.4) is 0 Å². The molecule has 2 N–H and O–H groups in total. The summed E-state index contributed by atoms with van der Waals surface area (Å²) in [5.74, 6) is 3.01. The van der Waals surface area contributed by atoms with Gasteiger partial charge >= 0.3 is 0 Å². The van der Waals surface area contributed by atoms with E-state index in [-0.39, 0.29) is 11.8 Å². The van der Waals surface area contributed by atoms with Crippen LogP contribution in [0.25, 0.3) is 11.0 Å². The number of nitrogens with zero attached hydrogens (tertiary/aromatic N) is 3. The molecule has 1 saturated heterocycles. The Bertz CT molecular complexity index is 1620. The fourth-order valence-electron chi connectivity index (χ4n) is 6.39. The number of methoxy groups -OCH3 is 4. The number of amides is 1. The molecule has 1 fully saturated rings. The van der Waals surface area contributed by atoms with Crippen molar-refractivity contribution in [2.45, 2.75) is 37.6 Å². The summed E-state index contributed by atoms with van der Waals surface area (Å²) in [6.07, 6.45) is 5.68. The maximum Gasteiger partial charge on any atom is 0.253 e. The number of H-pyrrole nitrogens is 1. The van der Waals surface area contributed by atoms with Crippen LogP contribution in [0.5, 0.6) is 23.0 Å². The first kappa shape index (κ1) is 33.7. The number of imidazole rings is 1. The first-order chi connectivity index (χ1) is 22.9. The standard InChI is InChI=1S/C37H47N5O5/c1-7-9-26-10-8-11-31-34(26)40-37(39-31)38-29-17-20-42(21-18-29)19-16-27(25-12-14-30(44-3)15-13-25)24-41(2)36(43)28-22-32(45-4)35(47-6)33(23-28)46-5/h7-8,10-15,22-23,27,29H,1,9,16-21,24H2,2-6H3,(H2,38,39,40). The molecule has 4 aromatic rings. The smallest absolute Gasteiger partial charge is 0.253 e. The average molecular weight is 642 g/mol. The van der Waals surface area contributed by atoms with E-state index in [0.29, 0.717) is 35.4 Å². The first-order valence-electron chi connectivity index (χ1n) is 16.1. The van der Waals surface area contributed by atoms with E-state index in [1.807, 2.05) is 25.3 Å². The SMILES string of the molecule is C=CCc1cccc2[nH]c(NC3CCN(CCC(CN(C)C(=O)c4cc(OC)c(OC)c(OC)c4)c4ccc(OC)cc4)CC3)nc12. The van der Waals surface area contributed by atoms with Crippen LogP contribution in [-0.2, 0) is 6.42 Å². The van der Waals surface area contributed by atoms with Crippen molar-refractivity contribution in [1.82, 2.24) is 19.8 Å². The summed E-state index contributed by atoms with van der Waals surface area (Å²) in [7, 11) is 8.16. The van der Waals surface area contributed by atoms with E-state index in [1.165, 1.54) is 11.1 Å². The molecule has 2 heterocycles. The van der Waals surface area contributed by atoms with Crippen LogP contribution in [-0.4, -0.2) is 93.4 Å². The highest BCUT2D eigenvalue weighted by Crippen LogP contribution is 2.38. The Labute approximate surface area is 277 Å². The predicted octanol–water partition coefficient (Wildman–Crippen LogP) is 6.15. The lowest BCUT2D eigenvalue weighted by Gasteiger charge is -2.34. The number of aromatic amines is 1. The number of carbonyl (C=O) groups is 1. The number of hydrogen-bond acceptors (Lipinski definition) is 8. The highest BCUT2D eigenvalue weighted by molar-refractivity contribution is 5.95. The second-order valence-electron chi connectivity index (χ2n) is 12.0. The lowest BCUT2D eigenvalue weighted by Crippen LogP contribution is -2.40. The Kier molecular flexibility index (Phi) is 11.3. The van der Waals surface area contributed by atoms with Crippen molar-refractivity contribution in [2.75, 3.05) is 67.0 Å². The van der Waals surface area contributed by atoms with Crippen LogP contribution in [0.2, 0.25) is 0 Å². The summed E-state index contributed by atoms with van der Waals surface area (Å²) in [6.45, 7) is 7.36. The molecule has 250 valence electrons. The molecule has 0 radical (unpaired) electrons. The van der Waals surface area contributed by atoms with Gasteiger partial charge in [0.1, 0.15) is 5.75 Å². The minimum Gasteiger partial charge on any atom is -0.497 e. The Morgan fingerprint density at radius 2 is 1.74 bits per heavy atom. The van der Waals surface area contributed by atoms with E-state index >= 15 is 0 Å². The largest absolute Gasteiger partial charge is 0.497 e. The molecular formula is C37H47N5O5. The van der Waals surface area contributed by atoms with Crippen LogP contribution < -0.4 is 24.3 Å². The van der Waals surface area contributed by atoms with Crippen molar-refractivity contribution in [3.63, 3.8) is 0 Å². The molecule has 1 aromatic heterocycles. The number of rotatable bonds is 15. The zero-order chi connectivity index (χ0) is 33.3. The molecule has 1 aliphatic heterocycles. The van der Waals surface area contributed by atoms with Crippen LogP contribution >= 0.6 is 0 Å². The molecule has 5 rings (SSSR count). The number of hydrogen-bond donors (Lipinski definition) is 2.